The SMILES string of the molecule is N#Cc1ccc(S(=O)(=O)N=C(N)N)c(N)c1. The van der Waals surface area contributed by atoms with Gasteiger partial charge in [-0.25, -0.2) is 0 Å². The monoisotopic (exact) mass is 239 g/mol. The zero-order valence-corrected chi connectivity index (χ0v) is 8.90. The first kappa shape index (κ1) is 11.8. The molecule has 0 unspecified atom stereocenters. The van der Waals surface area contributed by atoms with E-state index in [9.17, 15) is 8.42 Å². The van der Waals surface area contributed by atoms with Crippen LogP contribution >= 0.6 is 0 Å². The average Bonchev–Trinajstić information content (AvgIpc) is 2.14. The van der Waals surface area contributed by atoms with Gasteiger partial charge in [-0.05, 0) is 18.2 Å². The number of guanidine groups is 1. The van der Waals surface area contributed by atoms with Crippen LogP contribution in [0.2, 0.25) is 0 Å². The maximum atomic E-state index is 11.6. The van der Waals surface area contributed by atoms with Crippen molar-refractivity contribution in [2.45, 2.75) is 4.90 Å². The number of sulfonamides is 1. The van der Waals surface area contributed by atoms with Crippen LogP contribution in [0.3, 0.4) is 0 Å². The van der Waals surface area contributed by atoms with E-state index >= 15 is 0 Å². The number of nitriles is 1. The number of hydrogen-bond acceptors (Lipinski definition) is 4. The number of nitrogens with zero attached hydrogens (tertiary/aromatic N) is 2. The van der Waals surface area contributed by atoms with Gasteiger partial charge in [0.05, 0.1) is 17.3 Å². The molecule has 0 aromatic heterocycles. The highest BCUT2D eigenvalue weighted by Crippen LogP contribution is 2.21. The van der Waals surface area contributed by atoms with Crippen LogP contribution in [0.1, 0.15) is 5.56 Å². The molecule has 7 nitrogen and oxygen atoms in total. The summed E-state index contributed by atoms with van der Waals surface area (Å²) < 4.78 is 26.2. The van der Waals surface area contributed by atoms with Crippen LogP contribution in [0.5, 0.6) is 0 Å². The third kappa shape index (κ3) is 2.40. The zero-order valence-electron chi connectivity index (χ0n) is 8.08. The van der Waals surface area contributed by atoms with Crippen molar-refractivity contribution in [3.05, 3.63) is 23.8 Å². The molecule has 0 aliphatic heterocycles. The Bertz CT molecular complexity index is 581. The Balaban J connectivity index is 3.37. The molecule has 0 bridgehead atoms. The molecule has 0 amide bonds. The summed E-state index contributed by atoms with van der Waals surface area (Å²) in [6, 6.07) is 5.55. The van der Waals surface area contributed by atoms with E-state index in [1.807, 2.05) is 6.07 Å². The molecule has 8 heteroatoms. The molecule has 0 spiro atoms. The Morgan fingerprint density at radius 1 is 1.38 bits per heavy atom. The van der Waals surface area contributed by atoms with Crippen LogP contribution in [0.25, 0.3) is 0 Å². The predicted molar refractivity (Wildman–Crippen MR) is 58.6 cm³/mol. The van der Waals surface area contributed by atoms with Crippen molar-refractivity contribution in [3.8, 4) is 6.07 Å². The molecule has 0 radical (unpaired) electrons. The normalized spacial score (nSPS) is 10.4. The van der Waals surface area contributed by atoms with Crippen molar-refractivity contribution < 1.29 is 8.42 Å². The molecule has 0 fully saturated rings. The van der Waals surface area contributed by atoms with Gasteiger partial charge in [-0.15, -0.1) is 4.40 Å². The number of rotatable bonds is 2. The third-order valence-corrected chi connectivity index (χ3v) is 3.02. The minimum Gasteiger partial charge on any atom is -0.398 e. The van der Waals surface area contributed by atoms with Crippen LogP contribution in [0.4, 0.5) is 5.69 Å². The van der Waals surface area contributed by atoms with E-state index in [1.54, 1.807) is 0 Å². The van der Waals surface area contributed by atoms with Crippen molar-refractivity contribution >= 4 is 21.7 Å². The molecule has 0 saturated carbocycles. The van der Waals surface area contributed by atoms with E-state index in [-0.39, 0.29) is 16.1 Å². The van der Waals surface area contributed by atoms with Crippen molar-refractivity contribution in [1.29, 1.82) is 5.26 Å². The Morgan fingerprint density at radius 2 is 2.00 bits per heavy atom. The minimum atomic E-state index is -4.01. The second-order valence-electron chi connectivity index (χ2n) is 2.86. The Hall–Kier alpha value is -2.27. The highest BCUT2D eigenvalue weighted by atomic mass is 32.2. The van der Waals surface area contributed by atoms with Crippen LogP contribution < -0.4 is 17.2 Å². The maximum absolute atomic E-state index is 11.6. The predicted octanol–water partition coefficient (Wildman–Crippen LogP) is -0.897. The molecule has 0 aliphatic carbocycles. The molecule has 6 N–H and O–H groups in total. The summed E-state index contributed by atoms with van der Waals surface area (Å²) in [7, 11) is -4.01. The van der Waals surface area contributed by atoms with Crippen molar-refractivity contribution in [1.82, 2.24) is 0 Å². The van der Waals surface area contributed by atoms with E-state index in [0.29, 0.717) is 0 Å². The molecule has 1 aromatic rings. The second kappa shape index (κ2) is 4.08. The summed E-state index contributed by atoms with van der Waals surface area (Å²) in [5.74, 6) is -0.580. The number of benzene rings is 1. The standard InChI is InChI=1S/C8H9N5O2S/c9-4-5-1-2-7(6(10)3-5)16(14,15)13-8(11)12/h1-3H,10H2,(H4,11,12,13). The zero-order chi connectivity index (χ0) is 12.3. The van der Waals surface area contributed by atoms with Crippen molar-refractivity contribution in [2.24, 2.45) is 15.9 Å². The lowest BCUT2D eigenvalue weighted by molar-refractivity contribution is 0.598. The van der Waals surface area contributed by atoms with Crippen LogP contribution in [0, 0.1) is 11.3 Å². The molecule has 0 aliphatic rings. The van der Waals surface area contributed by atoms with Crippen molar-refractivity contribution in [2.75, 3.05) is 5.73 Å². The van der Waals surface area contributed by atoms with Gasteiger partial charge in [0, 0.05) is 0 Å². The van der Waals surface area contributed by atoms with E-state index in [2.05, 4.69) is 4.40 Å². The number of nitrogens with two attached hydrogens (primary N) is 3. The summed E-state index contributed by atoms with van der Waals surface area (Å²) in [6.45, 7) is 0. The summed E-state index contributed by atoms with van der Waals surface area (Å²) in [6.07, 6.45) is 0. The Morgan fingerprint density at radius 3 is 2.44 bits per heavy atom. The minimum absolute atomic E-state index is 0.0796. The van der Waals surface area contributed by atoms with Gasteiger partial charge in [-0.2, -0.15) is 13.7 Å². The van der Waals surface area contributed by atoms with Gasteiger partial charge in [0.25, 0.3) is 10.0 Å². The number of anilines is 1. The Labute approximate surface area is 92.2 Å². The molecule has 0 heterocycles. The first-order chi connectivity index (χ1) is 7.36. The van der Waals surface area contributed by atoms with Gasteiger partial charge in [-0.1, -0.05) is 0 Å². The van der Waals surface area contributed by atoms with E-state index in [0.717, 1.165) is 0 Å². The van der Waals surface area contributed by atoms with Gasteiger partial charge in [-0.3, -0.25) is 0 Å². The molecule has 1 aromatic carbocycles. The average molecular weight is 239 g/mol. The molecule has 0 saturated heterocycles. The van der Waals surface area contributed by atoms with E-state index < -0.39 is 16.0 Å². The van der Waals surface area contributed by atoms with Gasteiger partial charge in [0.1, 0.15) is 4.90 Å². The summed E-state index contributed by atoms with van der Waals surface area (Å²) >= 11 is 0. The largest absolute Gasteiger partial charge is 0.398 e. The first-order valence-corrected chi connectivity index (χ1v) is 5.46. The fourth-order valence-corrected chi connectivity index (χ4v) is 2.01. The lowest BCUT2D eigenvalue weighted by Crippen LogP contribution is -2.24. The van der Waals surface area contributed by atoms with Crippen LogP contribution in [-0.4, -0.2) is 14.4 Å². The highest BCUT2D eigenvalue weighted by molar-refractivity contribution is 7.90. The van der Waals surface area contributed by atoms with E-state index in [1.165, 1.54) is 18.2 Å². The Kier molecular flexibility index (Phi) is 3.01. The van der Waals surface area contributed by atoms with Gasteiger partial charge in [0.15, 0.2) is 0 Å². The number of nitrogen functional groups attached to an aromatic ring is 1. The molecule has 0 atom stereocenters. The summed E-state index contributed by atoms with van der Waals surface area (Å²) in [5.41, 5.74) is 15.6. The fourth-order valence-electron chi connectivity index (χ4n) is 1.04. The molecule has 1 rings (SSSR count). The second-order valence-corrected chi connectivity index (χ2v) is 4.43. The van der Waals surface area contributed by atoms with Gasteiger partial charge in [0.2, 0.25) is 5.96 Å². The molecule has 16 heavy (non-hydrogen) atoms. The van der Waals surface area contributed by atoms with Crippen LogP contribution in [0.15, 0.2) is 27.5 Å². The van der Waals surface area contributed by atoms with Gasteiger partial charge < -0.3 is 17.2 Å². The highest BCUT2D eigenvalue weighted by Gasteiger charge is 2.16. The van der Waals surface area contributed by atoms with E-state index in [4.69, 9.17) is 22.5 Å². The summed E-state index contributed by atoms with van der Waals surface area (Å²) in [4.78, 5) is -0.236. The number of hydrogen-bond donors (Lipinski definition) is 3. The maximum Gasteiger partial charge on any atom is 0.287 e. The first-order valence-electron chi connectivity index (χ1n) is 4.02. The quantitative estimate of drug-likeness (QED) is 0.346. The lowest BCUT2D eigenvalue weighted by atomic mass is 10.2. The lowest BCUT2D eigenvalue weighted by Gasteiger charge is -2.03. The van der Waals surface area contributed by atoms with Crippen LogP contribution in [-0.2, 0) is 10.0 Å². The van der Waals surface area contributed by atoms with Gasteiger partial charge >= 0.3 is 0 Å². The fraction of sp³-hybridized carbons (Fsp3) is 0. The summed E-state index contributed by atoms with van der Waals surface area (Å²) in [5, 5.41) is 8.58. The smallest absolute Gasteiger partial charge is 0.287 e. The van der Waals surface area contributed by atoms with Crippen molar-refractivity contribution in [3.63, 3.8) is 0 Å². The molecule has 84 valence electrons. The molecular formula is C8H9N5O2S. The third-order valence-electron chi connectivity index (χ3n) is 1.64. The molecular weight excluding hydrogens is 230 g/mol. The topological polar surface area (TPSA) is 148 Å².